The summed E-state index contributed by atoms with van der Waals surface area (Å²) in [6.45, 7) is 5.26. The van der Waals surface area contributed by atoms with Crippen molar-refractivity contribution in [1.82, 2.24) is 14.7 Å². The third-order valence-corrected chi connectivity index (χ3v) is 9.78. The fourth-order valence-corrected chi connectivity index (χ4v) is 10.6. The summed E-state index contributed by atoms with van der Waals surface area (Å²) < 4.78 is 12.4. The number of hydrogen-bond donors (Lipinski definition) is 9. The fourth-order valence-electron chi connectivity index (χ4n) is 4.15. The Labute approximate surface area is 284 Å². The molecule has 0 aliphatic heterocycles. The summed E-state index contributed by atoms with van der Waals surface area (Å²) >= 11 is 6.70. The van der Waals surface area contributed by atoms with E-state index in [0.717, 1.165) is 11.2 Å². The molecule has 1 aliphatic carbocycles. The van der Waals surface area contributed by atoms with E-state index in [2.05, 4.69) is 49.5 Å². The Hall–Kier alpha value is 1.07. The molecule has 1 rings (SSSR count). The summed E-state index contributed by atoms with van der Waals surface area (Å²) in [5, 5.41) is 76.4. The van der Waals surface area contributed by atoms with E-state index in [1.165, 1.54) is 6.42 Å². The standard InChI is InChI=1S/C8H13Ge3O2.3C6H15NO3/c1-12-7-6(10)3-5(9)4-8(7,11)13-2;3*8-4-1-7(2-5-9)3-6-10/h5-7H,3-4H2,1-2H3;3*8-10H,1-6H2. The molecule has 0 bridgehead atoms. The van der Waals surface area contributed by atoms with Gasteiger partial charge in [-0.15, -0.1) is 0 Å². The molecule has 4 unspecified atom stereocenters. The molecule has 0 saturated heterocycles. The Bertz CT molecular complexity index is 486. The van der Waals surface area contributed by atoms with E-state index >= 15 is 0 Å². The van der Waals surface area contributed by atoms with Gasteiger partial charge in [0, 0.05) is 58.9 Å². The molecule has 14 nitrogen and oxygen atoms in total. The fraction of sp³-hybridized carbons (Fsp3) is 1.00. The van der Waals surface area contributed by atoms with Crippen LogP contribution in [-0.4, -0.2) is 253 Å². The van der Waals surface area contributed by atoms with Crippen molar-refractivity contribution in [2.45, 2.75) is 32.9 Å². The molecule has 0 aromatic rings. The van der Waals surface area contributed by atoms with Gasteiger partial charge in [0.15, 0.2) is 0 Å². The van der Waals surface area contributed by atoms with E-state index in [4.69, 9.17) is 55.4 Å². The molecule has 17 heteroatoms. The van der Waals surface area contributed by atoms with Crippen LogP contribution in [0.25, 0.3) is 0 Å². The SMILES string of the molecule is COC1[CH]([Ge])C[CH]([Ge])C[C]1([Ge])OC.OCCN(CCO)CCO.OCCN(CCO)CCO.OCCN(CCO)CCO. The first-order valence-electron chi connectivity index (χ1n) is 14.5. The monoisotopic (exact) mass is 810 g/mol. The Morgan fingerprint density at radius 1 is 0.558 bits per heavy atom. The molecule has 43 heavy (non-hydrogen) atoms. The molecule has 9 N–H and O–H groups in total. The molecule has 1 aliphatic rings. The van der Waals surface area contributed by atoms with Crippen molar-refractivity contribution in [3.63, 3.8) is 0 Å². The van der Waals surface area contributed by atoms with E-state index in [-0.39, 0.29) is 70.0 Å². The van der Waals surface area contributed by atoms with Crippen LogP contribution < -0.4 is 0 Å². The number of rotatable bonds is 20. The molecule has 0 heterocycles. The van der Waals surface area contributed by atoms with Crippen molar-refractivity contribution in [3.8, 4) is 0 Å². The third-order valence-electron chi connectivity index (χ3n) is 6.28. The van der Waals surface area contributed by atoms with Gasteiger partial charge in [-0.3, -0.25) is 14.7 Å². The maximum absolute atomic E-state index is 8.48. The second-order valence-electron chi connectivity index (χ2n) is 9.53. The molecule has 0 aromatic carbocycles. The average Bonchev–Trinajstić information content (AvgIpc) is 2.95. The molecule has 9 radical (unpaired) electrons. The topological polar surface area (TPSA) is 210 Å². The quantitative estimate of drug-likeness (QED) is 0.0529. The maximum Gasteiger partial charge on any atom is 0.0558 e. The minimum atomic E-state index is -0.0914. The second kappa shape index (κ2) is 34.4. The molecular formula is C26H58Ge3N3O11. The number of hydrogen-bond acceptors (Lipinski definition) is 14. The van der Waals surface area contributed by atoms with E-state index in [9.17, 15) is 0 Å². The number of ether oxygens (including phenoxy) is 2. The number of nitrogens with zero attached hydrogens (tertiary/aromatic N) is 3. The summed E-state index contributed by atoms with van der Waals surface area (Å²) in [5.41, 5.74) is 0. The maximum atomic E-state index is 8.48. The van der Waals surface area contributed by atoms with Crippen LogP contribution in [-0.2, 0) is 9.47 Å². The first kappa shape index (κ1) is 48.5. The number of aliphatic hydroxyl groups excluding tert-OH is 9. The van der Waals surface area contributed by atoms with Crippen LogP contribution >= 0.6 is 0 Å². The van der Waals surface area contributed by atoms with Crippen LogP contribution in [0.2, 0.25) is 9.50 Å². The minimum Gasteiger partial charge on any atom is -0.395 e. The van der Waals surface area contributed by atoms with E-state index in [1.807, 2.05) is 0 Å². The Morgan fingerprint density at radius 2 is 0.814 bits per heavy atom. The van der Waals surface area contributed by atoms with Gasteiger partial charge in [-0.25, -0.2) is 0 Å². The van der Waals surface area contributed by atoms with Crippen molar-refractivity contribution in [1.29, 1.82) is 0 Å². The van der Waals surface area contributed by atoms with Crippen molar-refractivity contribution < 1.29 is 55.4 Å². The van der Waals surface area contributed by atoms with Gasteiger partial charge in [-0.05, 0) is 0 Å². The van der Waals surface area contributed by atoms with Crippen LogP contribution in [0.1, 0.15) is 12.8 Å². The van der Waals surface area contributed by atoms with E-state index in [0.29, 0.717) is 63.7 Å². The molecule has 255 valence electrons. The average molecular weight is 807 g/mol. The largest absolute Gasteiger partial charge is 0.395 e. The third kappa shape index (κ3) is 26.8. The van der Waals surface area contributed by atoms with Gasteiger partial charge in [-0.1, -0.05) is 0 Å². The smallest absolute Gasteiger partial charge is 0.0558 e. The van der Waals surface area contributed by atoms with Gasteiger partial charge in [0.05, 0.1) is 59.5 Å². The summed E-state index contributed by atoms with van der Waals surface area (Å²) in [4.78, 5) is 5.38. The molecule has 0 aromatic heterocycles. The van der Waals surface area contributed by atoms with Crippen LogP contribution in [0, 0.1) is 0 Å². The Kier molecular flexibility index (Phi) is 38.8. The zero-order chi connectivity index (χ0) is 33.5. The van der Waals surface area contributed by atoms with Crippen molar-refractivity contribution >= 4 is 49.5 Å². The van der Waals surface area contributed by atoms with Gasteiger partial charge in [0.2, 0.25) is 0 Å². The molecule has 1 saturated carbocycles. The summed E-state index contributed by atoms with van der Waals surface area (Å²) in [6.07, 6.45) is 2.60. The van der Waals surface area contributed by atoms with Crippen molar-refractivity contribution in [2.24, 2.45) is 0 Å². The number of methoxy groups -OCH3 is 2. The Morgan fingerprint density at radius 3 is 1.00 bits per heavy atom. The predicted molar refractivity (Wildman–Crippen MR) is 168 cm³/mol. The Balaban J connectivity index is -0.000000501. The van der Waals surface area contributed by atoms with Gasteiger partial charge in [0.25, 0.3) is 0 Å². The first-order chi connectivity index (χ1) is 20.6. The summed E-state index contributed by atoms with van der Waals surface area (Å²) in [5.74, 6) is 0. The van der Waals surface area contributed by atoms with Gasteiger partial charge >= 0.3 is 106 Å². The van der Waals surface area contributed by atoms with Crippen molar-refractivity contribution in [2.75, 3.05) is 133 Å². The van der Waals surface area contributed by atoms with E-state index < -0.39 is 0 Å². The zero-order valence-electron chi connectivity index (χ0n) is 26.1. The van der Waals surface area contributed by atoms with Gasteiger partial charge in [-0.2, -0.15) is 0 Å². The van der Waals surface area contributed by atoms with Crippen LogP contribution in [0.4, 0.5) is 0 Å². The summed E-state index contributed by atoms with van der Waals surface area (Å²) in [7, 11) is 3.57. The minimum absolute atomic E-state index is 0.0694. The molecule has 0 amide bonds. The predicted octanol–water partition coefficient (Wildman–Crippen LogP) is -4.98. The second-order valence-corrected chi connectivity index (χ2v) is 14.6. The normalized spacial score (nSPS) is 21.6. The van der Waals surface area contributed by atoms with E-state index in [1.54, 1.807) is 28.9 Å². The van der Waals surface area contributed by atoms with Gasteiger partial charge in [0.1, 0.15) is 0 Å². The molecule has 0 spiro atoms. The first-order valence-corrected chi connectivity index (χ1v) is 17.9. The van der Waals surface area contributed by atoms with Crippen LogP contribution in [0.3, 0.4) is 0 Å². The van der Waals surface area contributed by atoms with Crippen LogP contribution in [0.15, 0.2) is 0 Å². The number of aliphatic hydroxyl groups is 9. The molecule has 1 fully saturated rings. The van der Waals surface area contributed by atoms with Gasteiger partial charge < -0.3 is 46.0 Å². The zero-order valence-corrected chi connectivity index (χ0v) is 32.4. The molecule has 4 atom stereocenters. The van der Waals surface area contributed by atoms with Crippen LogP contribution in [0.5, 0.6) is 0 Å². The molecular weight excluding hydrogens is 748 g/mol. The summed E-state index contributed by atoms with van der Waals surface area (Å²) in [6, 6.07) is 0. The van der Waals surface area contributed by atoms with Crippen molar-refractivity contribution in [3.05, 3.63) is 0 Å².